The molecule has 0 aliphatic carbocycles. The van der Waals surface area contributed by atoms with Gasteiger partial charge in [0.2, 0.25) is 0 Å². The normalized spacial score (nSPS) is 17.7. The lowest BCUT2D eigenvalue weighted by Gasteiger charge is -2.20. The summed E-state index contributed by atoms with van der Waals surface area (Å²) in [5, 5.41) is 7.02. The molecular weight excluding hydrogens is 381 g/mol. The van der Waals surface area contributed by atoms with Crippen LogP contribution < -0.4 is 0 Å². The number of aryl methyl sites for hydroxylation is 1. The Kier molecular flexibility index (Phi) is 5.31. The lowest BCUT2D eigenvalue weighted by atomic mass is 10.1. The van der Waals surface area contributed by atoms with Gasteiger partial charge in [-0.05, 0) is 48.2 Å². The molecule has 1 aliphatic rings. The number of halogens is 1. The zero-order valence-corrected chi connectivity index (χ0v) is 16.6. The van der Waals surface area contributed by atoms with Gasteiger partial charge in [0.15, 0.2) is 0 Å². The first-order valence-corrected chi connectivity index (χ1v) is 10.8. The van der Waals surface area contributed by atoms with Crippen LogP contribution in [0, 0.1) is 5.82 Å². The third kappa shape index (κ3) is 3.94. The van der Waals surface area contributed by atoms with E-state index in [0.29, 0.717) is 16.6 Å². The average molecular weight is 402 g/mol. The van der Waals surface area contributed by atoms with Crippen molar-refractivity contribution < 1.29 is 9.18 Å². The number of carbonyl (C=O) groups excluding carboxylic acids is 1. The Morgan fingerprint density at radius 2 is 2.04 bits per heavy atom. The summed E-state index contributed by atoms with van der Waals surface area (Å²) in [4.78, 5) is 16.4. The second-order valence-corrected chi connectivity index (χ2v) is 8.79. The minimum Gasteiger partial charge on any atom is -0.336 e. The topological polar surface area (TPSA) is 38.1 Å². The lowest BCUT2D eigenvalue weighted by molar-refractivity contribution is 0.0755. The van der Waals surface area contributed by atoms with E-state index in [9.17, 15) is 9.18 Å². The molecule has 1 atom stereocenters. The van der Waals surface area contributed by atoms with Crippen LogP contribution in [0.3, 0.4) is 0 Å². The fraction of sp³-hybridized carbons (Fsp3) is 0.300. The highest BCUT2D eigenvalue weighted by molar-refractivity contribution is 7.99. The maximum absolute atomic E-state index is 13.1. The fourth-order valence-corrected chi connectivity index (χ4v) is 5.50. The van der Waals surface area contributed by atoms with Crippen LogP contribution in [0.2, 0.25) is 0 Å². The summed E-state index contributed by atoms with van der Waals surface area (Å²) in [6.07, 6.45) is 0.958. The van der Waals surface area contributed by atoms with Crippen molar-refractivity contribution in [3.05, 3.63) is 64.2 Å². The highest BCUT2D eigenvalue weighted by Gasteiger charge is 2.25. The molecule has 27 heavy (non-hydrogen) atoms. The van der Waals surface area contributed by atoms with Crippen LogP contribution in [-0.4, -0.2) is 39.4 Å². The number of thioether (sulfide) groups is 1. The molecule has 4 nitrogen and oxygen atoms in total. The van der Waals surface area contributed by atoms with Crippen molar-refractivity contribution in [1.29, 1.82) is 0 Å². The molecule has 2 aromatic heterocycles. The summed E-state index contributed by atoms with van der Waals surface area (Å²) >= 11 is 3.71. The molecule has 0 bridgehead atoms. The number of benzene rings is 1. The van der Waals surface area contributed by atoms with E-state index in [0.717, 1.165) is 30.8 Å². The number of amides is 1. The van der Waals surface area contributed by atoms with E-state index in [1.165, 1.54) is 17.0 Å². The minimum absolute atomic E-state index is 0.00536. The maximum atomic E-state index is 13.1. The Morgan fingerprint density at radius 1 is 1.22 bits per heavy atom. The Labute approximate surface area is 166 Å². The summed E-state index contributed by atoms with van der Waals surface area (Å²) in [5.41, 5.74) is 2.05. The van der Waals surface area contributed by atoms with Crippen LogP contribution in [0.15, 0.2) is 47.8 Å². The van der Waals surface area contributed by atoms with Crippen LogP contribution in [0.5, 0.6) is 0 Å². The van der Waals surface area contributed by atoms with E-state index in [2.05, 4.69) is 22.6 Å². The Bertz CT molecular complexity index is 921. The quantitative estimate of drug-likeness (QED) is 0.643. The third-order valence-electron chi connectivity index (χ3n) is 4.73. The molecule has 1 saturated heterocycles. The average Bonchev–Trinajstić information content (AvgIpc) is 3.26. The first-order chi connectivity index (χ1) is 13.1. The van der Waals surface area contributed by atoms with Crippen molar-refractivity contribution in [3.63, 3.8) is 0 Å². The van der Waals surface area contributed by atoms with Gasteiger partial charge in [-0.3, -0.25) is 9.48 Å². The monoisotopic (exact) mass is 401 g/mol. The van der Waals surface area contributed by atoms with Crippen molar-refractivity contribution in [1.82, 2.24) is 14.7 Å². The van der Waals surface area contributed by atoms with Gasteiger partial charge in [0.05, 0.1) is 5.69 Å². The van der Waals surface area contributed by atoms with Gasteiger partial charge in [-0.25, -0.2) is 4.39 Å². The summed E-state index contributed by atoms with van der Waals surface area (Å²) in [6.45, 7) is 1.48. The highest BCUT2D eigenvalue weighted by atomic mass is 32.2. The largest absolute Gasteiger partial charge is 0.336 e. The summed E-state index contributed by atoms with van der Waals surface area (Å²) < 4.78 is 14.8. The first kappa shape index (κ1) is 18.3. The van der Waals surface area contributed by atoms with Crippen molar-refractivity contribution >= 4 is 29.0 Å². The molecule has 4 rings (SSSR count). The Hall–Kier alpha value is -2.12. The zero-order chi connectivity index (χ0) is 18.8. The number of rotatable bonds is 3. The van der Waals surface area contributed by atoms with Crippen molar-refractivity contribution in [3.8, 4) is 11.3 Å². The molecule has 1 amide bonds. The predicted molar refractivity (Wildman–Crippen MR) is 109 cm³/mol. The molecular formula is C20H20FN3OS2. The highest BCUT2D eigenvalue weighted by Crippen LogP contribution is 2.37. The van der Waals surface area contributed by atoms with Gasteiger partial charge >= 0.3 is 0 Å². The van der Waals surface area contributed by atoms with Crippen LogP contribution >= 0.6 is 23.1 Å². The zero-order valence-electron chi connectivity index (χ0n) is 15.0. The number of nitrogens with zero attached hydrogens (tertiary/aromatic N) is 3. The van der Waals surface area contributed by atoms with E-state index in [1.807, 2.05) is 16.7 Å². The van der Waals surface area contributed by atoms with Gasteiger partial charge in [-0.2, -0.15) is 16.9 Å². The summed E-state index contributed by atoms with van der Waals surface area (Å²) in [7, 11) is 1.78. The molecule has 7 heteroatoms. The molecule has 1 aliphatic heterocycles. The van der Waals surface area contributed by atoms with E-state index in [-0.39, 0.29) is 11.7 Å². The summed E-state index contributed by atoms with van der Waals surface area (Å²) in [6, 6.07) is 12.2. The molecule has 0 saturated carbocycles. The number of aromatic nitrogens is 2. The number of hydrogen-bond acceptors (Lipinski definition) is 4. The molecule has 1 aromatic carbocycles. The SMILES string of the molecule is Cn1nc(-c2ccc(F)cc2)cc1C(=O)N1CCSC(c2cccs2)CC1. The van der Waals surface area contributed by atoms with Gasteiger partial charge in [0, 0.05) is 41.6 Å². The van der Waals surface area contributed by atoms with Gasteiger partial charge in [-0.1, -0.05) is 6.07 Å². The van der Waals surface area contributed by atoms with E-state index >= 15 is 0 Å². The Balaban J connectivity index is 1.50. The van der Waals surface area contributed by atoms with Crippen LogP contribution in [-0.2, 0) is 7.05 Å². The van der Waals surface area contributed by atoms with Gasteiger partial charge in [0.25, 0.3) is 5.91 Å². The van der Waals surface area contributed by atoms with Crippen molar-refractivity contribution in [2.24, 2.45) is 7.05 Å². The van der Waals surface area contributed by atoms with Crippen LogP contribution in [0.4, 0.5) is 4.39 Å². The molecule has 3 heterocycles. The smallest absolute Gasteiger partial charge is 0.272 e. The molecule has 0 N–H and O–H groups in total. The fourth-order valence-electron chi connectivity index (χ4n) is 3.27. The minimum atomic E-state index is -0.284. The number of thiophene rings is 1. The van der Waals surface area contributed by atoms with Crippen LogP contribution in [0.1, 0.15) is 27.0 Å². The number of carbonyl (C=O) groups is 1. The Morgan fingerprint density at radius 3 is 2.78 bits per heavy atom. The number of hydrogen-bond donors (Lipinski definition) is 0. The molecule has 0 spiro atoms. The van der Waals surface area contributed by atoms with Crippen LogP contribution in [0.25, 0.3) is 11.3 Å². The maximum Gasteiger partial charge on any atom is 0.272 e. The van der Waals surface area contributed by atoms with Gasteiger partial charge < -0.3 is 4.90 Å². The summed E-state index contributed by atoms with van der Waals surface area (Å²) in [5.74, 6) is 0.649. The second kappa shape index (κ2) is 7.86. The standard InChI is InChI=1S/C20H20FN3OS2/c1-23-17(13-16(22-23)14-4-6-15(21)7-5-14)20(25)24-9-8-19(27-12-10-24)18-3-2-11-26-18/h2-7,11,13,19H,8-10,12H2,1H3. The predicted octanol–water partition coefficient (Wildman–Crippen LogP) is 4.61. The molecule has 140 valence electrons. The van der Waals surface area contributed by atoms with Crippen molar-refractivity contribution in [2.75, 3.05) is 18.8 Å². The van der Waals surface area contributed by atoms with E-state index in [1.54, 1.807) is 41.3 Å². The third-order valence-corrected chi connectivity index (χ3v) is 7.17. The first-order valence-electron chi connectivity index (χ1n) is 8.86. The second-order valence-electron chi connectivity index (χ2n) is 6.50. The van der Waals surface area contributed by atoms with E-state index in [4.69, 9.17) is 0 Å². The molecule has 1 fully saturated rings. The molecule has 0 radical (unpaired) electrons. The molecule has 3 aromatic rings. The lowest BCUT2D eigenvalue weighted by Crippen LogP contribution is -2.34. The van der Waals surface area contributed by atoms with Gasteiger partial charge in [-0.15, -0.1) is 11.3 Å². The van der Waals surface area contributed by atoms with E-state index < -0.39 is 0 Å². The molecule has 1 unspecified atom stereocenters. The van der Waals surface area contributed by atoms with Crippen molar-refractivity contribution in [2.45, 2.75) is 11.7 Å². The van der Waals surface area contributed by atoms with Gasteiger partial charge in [0.1, 0.15) is 11.5 Å².